The van der Waals surface area contributed by atoms with Crippen LogP contribution in [0.3, 0.4) is 0 Å². The fourth-order valence-electron chi connectivity index (χ4n) is 2.23. The minimum absolute atomic E-state index is 0.119. The standard InChI is InChI=1S/C16H18BrNO/c1-3-14(17)16(19)18(4-2)15-11-7-9-12-8-5-6-10-13(12)15/h5-11,14H,3-4H2,1-2H3. The van der Waals surface area contributed by atoms with Crippen molar-refractivity contribution in [1.82, 2.24) is 0 Å². The van der Waals surface area contributed by atoms with Crippen molar-refractivity contribution in [3.63, 3.8) is 0 Å². The predicted octanol–water partition coefficient (Wildman–Crippen LogP) is 4.37. The fourth-order valence-corrected chi connectivity index (χ4v) is 2.48. The maximum absolute atomic E-state index is 12.4. The molecule has 3 heteroatoms. The van der Waals surface area contributed by atoms with Crippen molar-refractivity contribution in [2.75, 3.05) is 11.4 Å². The first-order chi connectivity index (χ1) is 9.19. The van der Waals surface area contributed by atoms with Gasteiger partial charge in [0, 0.05) is 11.9 Å². The third-order valence-electron chi connectivity index (χ3n) is 3.27. The summed E-state index contributed by atoms with van der Waals surface area (Å²) >= 11 is 3.45. The Kier molecular flexibility index (Phi) is 4.59. The van der Waals surface area contributed by atoms with E-state index in [9.17, 15) is 4.79 Å². The van der Waals surface area contributed by atoms with Crippen LogP contribution >= 0.6 is 15.9 Å². The van der Waals surface area contributed by atoms with E-state index in [4.69, 9.17) is 0 Å². The highest BCUT2D eigenvalue weighted by atomic mass is 79.9. The normalized spacial score (nSPS) is 12.4. The minimum Gasteiger partial charge on any atom is -0.311 e. The van der Waals surface area contributed by atoms with Gasteiger partial charge in [0.1, 0.15) is 0 Å². The molecule has 2 aromatic rings. The first-order valence-electron chi connectivity index (χ1n) is 6.62. The van der Waals surface area contributed by atoms with Crippen LogP contribution in [0.4, 0.5) is 5.69 Å². The number of rotatable bonds is 4. The molecule has 100 valence electrons. The lowest BCUT2D eigenvalue weighted by Gasteiger charge is -2.24. The zero-order chi connectivity index (χ0) is 13.8. The van der Waals surface area contributed by atoms with Gasteiger partial charge in [0.05, 0.1) is 10.5 Å². The van der Waals surface area contributed by atoms with E-state index in [1.54, 1.807) is 0 Å². The summed E-state index contributed by atoms with van der Waals surface area (Å²) in [6, 6.07) is 14.3. The van der Waals surface area contributed by atoms with Crippen LogP contribution in [0.5, 0.6) is 0 Å². The largest absolute Gasteiger partial charge is 0.311 e. The van der Waals surface area contributed by atoms with Crippen molar-refractivity contribution >= 4 is 38.3 Å². The number of carbonyl (C=O) groups is 1. The number of amides is 1. The molecule has 0 N–H and O–H groups in total. The molecule has 0 aliphatic heterocycles. The van der Waals surface area contributed by atoms with Crippen molar-refractivity contribution in [3.8, 4) is 0 Å². The summed E-state index contributed by atoms with van der Waals surface area (Å²) < 4.78 is 0. The van der Waals surface area contributed by atoms with Crippen molar-refractivity contribution in [2.45, 2.75) is 25.1 Å². The van der Waals surface area contributed by atoms with Gasteiger partial charge in [-0.25, -0.2) is 0 Å². The molecule has 2 nitrogen and oxygen atoms in total. The van der Waals surface area contributed by atoms with Crippen LogP contribution < -0.4 is 4.90 Å². The molecule has 0 aromatic heterocycles. The molecule has 1 atom stereocenters. The summed E-state index contributed by atoms with van der Waals surface area (Å²) in [7, 11) is 0. The van der Waals surface area contributed by atoms with E-state index in [0.29, 0.717) is 6.54 Å². The summed E-state index contributed by atoms with van der Waals surface area (Å²) in [6.07, 6.45) is 0.792. The Bertz CT molecular complexity index is 576. The molecule has 0 fully saturated rings. The van der Waals surface area contributed by atoms with Gasteiger partial charge in [0.25, 0.3) is 0 Å². The molecule has 2 aromatic carbocycles. The summed E-state index contributed by atoms with van der Waals surface area (Å²) in [4.78, 5) is 14.2. The predicted molar refractivity (Wildman–Crippen MR) is 85.0 cm³/mol. The summed E-state index contributed by atoms with van der Waals surface area (Å²) in [5, 5.41) is 2.28. The second-order valence-corrected chi connectivity index (χ2v) is 5.56. The Balaban J connectivity index is 2.49. The van der Waals surface area contributed by atoms with E-state index >= 15 is 0 Å². The average Bonchev–Trinajstić information content (AvgIpc) is 2.47. The van der Waals surface area contributed by atoms with E-state index < -0.39 is 0 Å². The number of anilines is 1. The Hall–Kier alpha value is -1.35. The molecule has 0 saturated heterocycles. The number of halogens is 1. The summed E-state index contributed by atoms with van der Waals surface area (Å²) in [6.45, 7) is 4.69. The van der Waals surface area contributed by atoms with Gasteiger partial charge < -0.3 is 4.90 Å². The van der Waals surface area contributed by atoms with Gasteiger partial charge in [-0.15, -0.1) is 0 Å². The van der Waals surface area contributed by atoms with Crippen molar-refractivity contribution < 1.29 is 4.79 Å². The van der Waals surface area contributed by atoms with Gasteiger partial charge in [-0.2, -0.15) is 0 Å². The van der Waals surface area contributed by atoms with Crippen molar-refractivity contribution in [2.24, 2.45) is 0 Å². The van der Waals surface area contributed by atoms with Gasteiger partial charge in [-0.05, 0) is 24.8 Å². The van der Waals surface area contributed by atoms with E-state index in [2.05, 4.69) is 34.1 Å². The molecule has 0 aliphatic carbocycles. The molecule has 0 heterocycles. The number of fused-ring (bicyclic) bond motifs is 1. The second-order valence-electron chi connectivity index (χ2n) is 4.46. The number of hydrogen-bond donors (Lipinski definition) is 0. The molecule has 1 unspecified atom stereocenters. The lowest BCUT2D eigenvalue weighted by Crippen LogP contribution is -2.36. The van der Waals surface area contributed by atoms with E-state index in [1.807, 2.05) is 43.0 Å². The van der Waals surface area contributed by atoms with Crippen LogP contribution in [0, 0.1) is 0 Å². The Morgan fingerprint density at radius 1 is 1.16 bits per heavy atom. The Morgan fingerprint density at radius 3 is 2.53 bits per heavy atom. The highest BCUT2D eigenvalue weighted by molar-refractivity contribution is 9.10. The van der Waals surface area contributed by atoms with Crippen molar-refractivity contribution in [3.05, 3.63) is 42.5 Å². The first-order valence-corrected chi connectivity index (χ1v) is 7.53. The molecule has 0 radical (unpaired) electrons. The van der Waals surface area contributed by atoms with Crippen LogP contribution in [0.25, 0.3) is 10.8 Å². The summed E-state index contributed by atoms with van der Waals surface area (Å²) in [5.74, 6) is 0.126. The number of hydrogen-bond acceptors (Lipinski definition) is 1. The summed E-state index contributed by atoms with van der Waals surface area (Å²) in [5.41, 5.74) is 0.989. The lowest BCUT2D eigenvalue weighted by molar-refractivity contribution is -0.118. The monoisotopic (exact) mass is 319 g/mol. The SMILES string of the molecule is CCC(Br)C(=O)N(CC)c1cccc2ccccc12. The molecule has 0 bridgehead atoms. The Labute approximate surface area is 122 Å². The first kappa shape index (κ1) is 14.1. The minimum atomic E-state index is -0.119. The number of nitrogens with zero attached hydrogens (tertiary/aromatic N) is 1. The fraction of sp³-hybridized carbons (Fsp3) is 0.312. The molecule has 2 rings (SSSR count). The molecule has 19 heavy (non-hydrogen) atoms. The van der Waals surface area contributed by atoms with E-state index in [1.165, 1.54) is 0 Å². The zero-order valence-electron chi connectivity index (χ0n) is 11.3. The molecular weight excluding hydrogens is 302 g/mol. The Morgan fingerprint density at radius 2 is 1.84 bits per heavy atom. The highest BCUT2D eigenvalue weighted by Crippen LogP contribution is 2.28. The van der Waals surface area contributed by atoms with E-state index in [0.717, 1.165) is 22.9 Å². The van der Waals surface area contributed by atoms with Crippen LogP contribution in [0.15, 0.2) is 42.5 Å². The topological polar surface area (TPSA) is 20.3 Å². The van der Waals surface area contributed by atoms with Gasteiger partial charge in [0.2, 0.25) is 5.91 Å². The van der Waals surface area contributed by atoms with Crippen molar-refractivity contribution in [1.29, 1.82) is 0 Å². The van der Waals surface area contributed by atoms with Crippen LogP contribution in [0.2, 0.25) is 0 Å². The van der Waals surface area contributed by atoms with E-state index in [-0.39, 0.29) is 10.7 Å². The smallest absolute Gasteiger partial charge is 0.240 e. The maximum Gasteiger partial charge on any atom is 0.240 e. The third-order valence-corrected chi connectivity index (χ3v) is 4.31. The molecule has 0 spiro atoms. The van der Waals surface area contributed by atoms with Crippen LogP contribution in [-0.2, 0) is 4.79 Å². The number of alkyl halides is 1. The van der Waals surface area contributed by atoms with Gasteiger partial charge in [-0.3, -0.25) is 4.79 Å². The number of benzene rings is 2. The molecular formula is C16H18BrNO. The van der Waals surface area contributed by atoms with Gasteiger partial charge >= 0.3 is 0 Å². The number of carbonyl (C=O) groups excluding carboxylic acids is 1. The quantitative estimate of drug-likeness (QED) is 0.766. The average molecular weight is 320 g/mol. The second kappa shape index (κ2) is 6.20. The maximum atomic E-state index is 12.4. The van der Waals surface area contributed by atoms with Crippen LogP contribution in [0.1, 0.15) is 20.3 Å². The van der Waals surface area contributed by atoms with Crippen LogP contribution in [-0.4, -0.2) is 17.3 Å². The highest BCUT2D eigenvalue weighted by Gasteiger charge is 2.21. The molecule has 1 amide bonds. The molecule has 0 aliphatic rings. The third kappa shape index (κ3) is 2.81. The molecule has 0 saturated carbocycles. The zero-order valence-corrected chi connectivity index (χ0v) is 12.9. The van der Waals surface area contributed by atoms with Gasteiger partial charge in [-0.1, -0.05) is 59.3 Å². The van der Waals surface area contributed by atoms with Gasteiger partial charge in [0.15, 0.2) is 0 Å². The lowest BCUT2D eigenvalue weighted by atomic mass is 10.1.